The average Bonchev–Trinajstić information content (AvgIpc) is 2.96. The molecule has 0 atom stereocenters. The summed E-state index contributed by atoms with van der Waals surface area (Å²) in [5.41, 5.74) is 0.212. The van der Waals surface area contributed by atoms with Crippen molar-refractivity contribution in [3.8, 4) is 0 Å². The molecule has 1 heterocycles. The van der Waals surface area contributed by atoms with Crippen LogP contribution in [0.5, 0.6) is 0 Å². The zero-order valence-electron chi connectivity index (χ0n) is 12.8. The Bertz CT molecular complexity index is 700. The number of rotatable bonds is 5. The maximum Gasteiger partial charge on any atom is 0.313 e. The first-order valence-electron chi connectivity index (χ1n) is 7.13. The van der Waals surface area contributed by atoms with Crippen molar-refractivity contribution in [3.63, 3.8) is 0 Å². The fourth-order valence-electron chi connectivity index (χ4n) is 1.72. The first-order chi connectivity index (χ1) is 11.0. The Morgan fingerprint density at radius 3 is 2.74 bits per heavy atom. The third kappa shape index (κ3) is 4.87. The topological polar surface area (TPSA) is 97.1 Å². The number of carbonyl (C=O) groups is 2. The van der Waals surface area contributed by atoms with E-state index in [9.17, 15) is 14.0 Å². The molecule has 0 aliphatic rings. The van der Waals surface area contributed by atoms with Gasteiger partial charge in [-0.05, 0) is 18.2 Å². The molecule has 0 aliphatic heterocycles. The lowest BCUT2D eigenvalue weighted by Crippen LogP contribution is -2.36. The van der Waals surface area contributed by atoms with Crippen molar-refractivity contribution in [1.29, 1.82) is 0 Å². The monoisotopic (exact) mass is 320 g/mol. The van der Waals surface area contributed by atoms with E-state index in [0.717, 1.165) is 6.07 Å². The normalized spacial score (nSPS) is 10.6. The van der Waals surface area contributed by atoms with Crippen molar-refractivity contribution in [2.45, 2.75) is 26.2 Å². The Labute approximate surface area is 132 Å². The quantitative estimate of drug-likeness (QED) is 0.816. The molecule has 0 fully saturated rings. The highest BCUT2D eigenvalue weighted by molar-refractivity contribution is 6.39. The second-order valence-corrected chi connectivity index (χ2v) is 5.17. The van der Waals surface area contributed by atoms with Gasteiger partial charge in [0.25, 0.3) is 0 Å². The van der Waals surface area contributed by atoms with Crippen molar-refractivity contribution in [3.05, 3.63) is 41.8 Å². The molecule has 2 aromatic rings. The van der Waals surface area contributed by atoms with Crippen LogP contribution in [0.15, 0.2) is 28.8 Å². The van der Waals surface area contributed by atoms with E-state index >= 15 is 0 Å². The van der Waals surface area contributed by atoms with E-state index in [-0.39, 0.29) is 18.2 Å². The minimum absolute atomic E-state index is 0.152. The maximum absolute atomic E-state index is 13.0. The molecule has 0 radical (unpaired) electrons. The molecule has 2 amide bonds. The summed E-state index contributed by atoms with van der Waals surface area (Å²) < 4.78 is 18.0. The molecule has 0 saturated heterocycles. The summed E-state index contributed by atoms with van der Waals surface area (Å²) in [5, 5.41) is 8.54. The van der Waals surface area contributed by atoms with Gasteiger partial charge in [0.05, 0.1) is 0 Å². The van der Waals surface area contributed by atoms with Gasteiger partial charge in [0, 0.05) is 24.6 Å². The highest BCUT2D eigenvalue weighted by atomic mass is 19.1. The predicted octanol–water partition coefficient (Wildman–Crippen LogP) is 1.63. The SMILES string of the molecule is CC(C)c1noc(CCNC(=O)C(=O)Nc2cccc(F)c2)n1. The van der Waals surface area contributed by atoms with Crippen LogP contribution in [0.2, 0.25) is 0 Å². The van der Waals surface area contributed by atoms with Crippen LogP contribution in [0.4, 0.5) is 10.1 Å². The molecule has 7 nitrogen and oxygen atoms in total. The number of aromatic nitrogens is 2. The van der Waals surface area contributed by atoms with Gasteiger partial charge < -0.3 is 15.2 Å². The van der Waals surface area contributed by atoms with Crippen molar-refractivity contribution in [2.24, 2.45) is 0 Å². The van der Waals surface area contributed by atoms with Gasteiger partial charge in [-0.1, -0.05) is 25.1 Å². The van der Waals surface area contributed by atoms with Gasteiger partial charge in [-0.15, -0.1) is 0 Å². The number of halogens is 1. The number of amides is 2. The molecular formula is C15H17FN4O3. The molecule has 0 aliphatic carbocycles. The average molecular weight is 320 g/mol. The highest BCUT2D eigenvalue weighted by Gasteiger charge is 2.14. The van der Waals surface area contributed by atoms with E-state index in [4.69, 9.17) is 4.52 Å². The van der Waals surface area contributed by atoms with Crippen molar-refractivity contribution >= 4 is 17.5 Å². The molecular weight excluding hydrogens is 303 g/mol. The molecule has 23 heavy (non-hydrogen) atoms. The molecule has 0 spiro atoms. The lowest BCUT2D eigenvalue weighted by atomic mass is 10.2. The minimum atomic E-state index is -0.871. The van der Waals surface area contributed by atoms with Crippen LogP contribution in [0.1, 0.15) is 31.5 Å². The van der Waals surface area contributed by atoms with Crippen molar-refractivity contribution in [1.82, 2.24) is 15.5 Å². The Hall–Kier alpha value is -2.77. The highest BCUT2D eigenvalue weighted by Crippen LogP contribution is 2.10. The van der Waals surface area contributed by atoms with E-state index in [0.29, 0.717) is 18.1 Å². The van der Waals surface area contributed by atoms with Crippen LogP contribution in [0.25, 0.3) is 0 Å². The van der Waals surface area contributed by atoms with Gasteiger partial charge in [-0.2, -0.15) is 4.98 Å². The molecule has 8 heteroatoms. The zero-order chi connectivity index (χ0) is 16.8. The number of benzene rings is 1. The Morgan fingerprint density at radius 2 is 2.09 bits per heavy atom. The van der Waals surface area contributed by atoms with Gasteiger partial charge >= 0.3 is 11.8 Å². The number of nitrogens with zero attached hydrogens (tertiary/aromatic N) is 2. The smallest absolute Gasteiger partial charge is 0.313 e. The third-order valence-electron chi connectivity index (χ3n) is 2.91. The van der Waals surface area contributed by atoms with Crippen LogP contribution < -0.4 is 10.6 Å². The summed E-state index contributed by atoms with van der Waals surface area (Å²) in [7, 11) is 0. The van der Waals surface area contributed by atoms with Gasteiger partial charge in [-0.3, -0.25) is 9.59 Å². The Kier molecular flexibility index (Phi) is 5.40. The molecule has 0 saturated carbocycles. The number of carbonyl (C=O) groups excluding carboxylic acids is 2. The standard InChI is InChI=1S/C15H17FN4O3/c1-9(2)13-19-12(23-20-13)6-7-17-14(21)15(22)18-11-5-3-4-10(16)8-11/h3-5,8-9H,6-7H2,1-2H3,(H,17,21)(H,18,22). The Balaban J connectivity index is 1.78. The van der Waals surface area contributed by atoms with Crippen molar-refractivity contribution in [2.75, 3.05) is 11.9 Å². The van der Waals surface area contributed by atoms with E-state index in [2.05, 4.69) is 20.8 Å². The van der Waals surface area contributed by atoms with Gasteiger partial charge in [0.1, 0.15) is 5.82 Å². The predicted molar refractivity (Wildman–Crippen MR) is 80.1 cm³/mol. The van der Waals surface area contributed by atoms with Gasteiger partial charge in [0.2, 0.25) is 5.89 Å². The summed E-state index contributed by atoms with van der Waals surface area (Å²) in [5.74, 6) is -1.06. The minimum Gasteiger partial charge on any atom is -0.347 e. The van der Waals surface area contributed by atoms with Crippen LogP contribution >= 0.6 is 0 Å². The first-order valence-corrected chi connectivity index (χ1v) is 7.13. The van der Waals surface area contributed by atoms with Crippen molar-refractivity contribution < 1.29 is 18.5 Å². The van der Waals surface area contributed by atoms with E-state index in [1.165, 1.54) is 18.2 Å². The second kappa shape index (κ2) is 7.48. The number of hydrogen-bond donors (Lipinski definition) is 2. The molecule has 1 aromatic carbocycles. The van der Waals surface area contributed by atoms with E-state index < -0.39 is 17.6 Å². The van der Waals surface area contributed by atoms with E-state index in [1.54, 1.807) is 0 Å². The molecule has 1 aromatic heterocycles. The molecule has 2 rings (SSSR count). The Morgan fingerprint density at radius 1 is 1.30 bits per heavy atom. The van der Waals surface area contributed by atoms with E-state index in [1.807, 2.05) is 13.8 Å². The molecule has 122 valence electrons. The van der Waals surface area contributed by atoms with Gasteiger partial charge in [0.15, 0.2) is 5.82 Å². The molecule has 0 unspecified atom stereocenters. The summed E-state index contributed by atoms with van der Waals surface area (Å²) in [6.07, 6.45) is 0.318. The fraction of sp³-hybridized carbons (Fsp3) is 0.333. The molecule has 0 bridgehead atoms. The van der Waals surface area contributed by atoms with Crippen LogP contribution in [0.3, 0.4) is 0 Å². The number of hydrogen-bond acceptors (Lipinski definition) is 5. The second-order valence-electron chi connectivity index (χ2n) is 5.17. The van der Waals surface area contributed by atoms with Crippen LogP contribution in [-0.2, 0) is 16.0 Å². The lowest BCUT2D eigenvalue weighted by Gasteiger charge is -2.05. The lowest BCUT2D eigenvalue weighted by molar-refractivity contribution is -0.136. The summed E-state index contributed by atoms with van der Waals surface area (Å²) >= 11 is 0. The third-order valence-corrected chi connectivity index (χ3v) is 2.91. The summed E-state index contributed by atoms with van der Waals surface area (Å²) in [6, 6.07) is 5.29. The van der Waals surface area contributed by atoms with Crippen LogP contribution in [-0.4, -0.2) is 28.5 Å². The maximum atomic E-state index is 13.0. The number of anilines is 1. The largest absolute Gasteiger partial charge is 0.347 e. The van der Waals surface area contributed by atoms with Gasteiger partial charge in [-0.25, -0.2) is 4.39 Å². The summed E-state index contributed by atoms with van der Waals surface area (Å²) in [6.45, 7) is 4.05. The fourth-order valence-corrected chi connectivity index (χ4v) is 1.72. The zero-order valence-corrected chi connectivity index (χ0v) is 12.8. The number of nitrogens with one attached hydrogen (secondary N) is 2. The first kappa shape index (κ1) is 16.6. The van der Waals surface area contributed by atoms with Crippen LogP contribution in [0, 0.1) is 5.82 Å². The summed E-state index contributed by atoms with van der Waals surface area (Å²) in [4.78, 5) is 27.5. The molecule has 2 N–H and O–H groups in total.